The predicted octanol–water partition coefficient (Wildman–Crippen LogP) is 1.26. The first-order valence-electron chi connectivity index (χ1n) is 6.81. The topological polar surface area (TPSA) is 66.8 Å². The van der Waals surface area contributed by atoms with Crippen LogP contribution in [0.25, 0.3) is 0 Å². The molecule has 1 amide bonds. The first-order chi connectivity index (χ1) is 9.19. The summed E-state index contributed by atoms with van der Waals surface area (Å²) < 4.78 is 4.55. The lowest BCUT2D eigenvalue weighted by molar-refractivity contribution is -0.140. The Morgan fingerprint density at radius 1 is 1.53 bits per heavy atom. The standard InChI is InChI=1S/C14H23NO4/c1-19-14(18)9-4-2-3-5-10-15-12(11-16)7-6-8-13(15)17/h3,5,12,16H,2,4,6-11H2,1H3/t12-/m1/s1. The van der Waals surface area contributed by atoms with Crippen molar-refractivity contribution < 1.29 is 19.4 Å². The fourth-order valence-electron chi connectivity index (χ4n) is 2.20. The van der Waals surface area contributed by atoms with E-state index in [0.29, 0.717) is 19.4 Å². The maximum atomic E-state index is 11.7. The minimum atomic E-state index is -0.194. The fourth-order valence-corrected chi connectivity index (χ4v) is 2.20. The van der Waals surface area contributed by atoms with E-state index < -0.39 is 0 Å². The highest BCUT2D eigenvalue weighted by Gasteiger charge is 2.25. The van der Waals surface area contributed by atoms with Crippen LogP contribution < -0.4 is 0 Å². The van der Waals surface area contributed by atoms with E-state index in [9.17, 15) is 14.7 Å². The number of ether oxygens (including phenoxy) is 1. The Morgan fingerprint density at radius 2 is 2.32 bits per heavy atom. The van der Waals surface area contributed by atoms with Crippen molar-refractivity contribution in [2.24, 2.45) is 0 Å². The van der Waals surface area contributed by atoms with Crippen LogP contribution in [0.15, 0.2) is 12.2 Å². The third-order valence-corrected chi connectivity index (χ3v) is 3.35. The van der Waals surface area contributed by atoms with Crippen LogP contribution in [0.5, 0.6) is 0 Å². The molecule has 0 aromatic rings. The normalized spacial score (nSPS) is 20.0. The summed E-state index contributed by atoms with van der Waals surface area (Å²) in [7, 11) is 1.38. The van der Waals surface area contributed by atoms with Gasteiger partial charge in [0.25, 0.3) is 0 Å². The van der Waals surface area contributed by atoms with Crippen LogP contribution in [-0.4, -0.2) is 48.2 Å². The van der Waals surface area contributed by atoms with Crippen molar-refractivity contribution in [3.63, 3.8) is 0 Å². The number of rotatable bonds is 7. The molecule has 0 aromatic heterocycles. The summed E-state index contributed by atoms with van der Waals surface area (Å²) in [5.74, 6) is -0.0792. The Morgan fingerprint density at radius 3 is 3.00 bits per heavy atom. The molecule has 5 heteroatoms. The lowest BCUT2D eigenvalue weighted by Crippen LogP contribution is -2.45. The molecule has 1 N–H and O–H groups in total. The molecule has 0 radical (unpaired) electrons. The van der Waals surface area contributed by atoms with Crippen LogP contribution in [0.1, 0.15) is 38.5 Å². The minimum Gasteiger partial charge on any atom is -0.469 e. The molecular weight excluding hydrogens is 246 g/mol. The van der Waals surface area contributed by atoms with Crippen molar-refractivity contribution in [1.82, 2.24) is 4.90 Å². The predicted molar refractivity (Wildman–Crippen MR) is 71.4 cm³/mol. The average Bonchev–Trinajstić information content (AvgIpc) is 2.43. The summed E-state index contributed by atoms with van der Waals surface area (Å²) in [5, 5.41) is 9.24. The van der Waals surface area contributed by atoms with Crippen molar-refractivity contribution in [3.05, 3.63) is 12.2 Å². The quantitative estimate of drug-likeness (QED) is 0.429. The minimum absolute atomic E-state index is 0.0297. The van der Waals surface area contributed by atoms with E-state index in [4.69, 9.17) is 0 Å². The van der Waals surface area contributed by atoms with Gasteiger partial charge in [0.05, 0.1) is 19.8 Å². The van der Waals surface area contributed by atoms with E-state index >= 15 is 0 Å². The van der Waals surface area contributed by atoms with Crippen LogP contribution >= 0.6 is 0 Å². The number of carbonyl (C=O) groups excluding carboxylic acids is 2. The Kier molecular flexibility index (Phi) is 7.18. The number of carbonyl (C=O) groups is 2. The molecule has 0 spiro atoms. The zero-order valence-corrected chi connectivity index (χ0v) is 11.5. The lowest BCUT2D eigenvalue weighted by Gasteiger charge is -2.33. The number of nitrogens with zero attached hydrogens (tertiary/aromatic N) is 1. The van der Waals surface area contributed by atoms with Gasteiger partial charge < -0.3 is 14.7 Å². The first-order valence-corrected chi connectivity index (χ1v) is 6.81. The molecule has 1 atom stereocenters. The summed E-state index contributed by atoms with van der Waals surface area (Å²) in [5.41, 5.74) is 0. The third kappa shape index (κ3) is 5.42. The molecule has 1 heterocycles. The Hall–Kier alpha value is -1.36. The monoisotopic (exact) mass is 269 g/mol. The van der Waals surface area contributed by atoms with Crippen LogP contribution in [0.4, 0.5) is 0 Å². The summed E-state index contributed by atoms with van der Waals surface area (Å²) >= 11 is 0. The lowest BCUT2D eigenvalue weighted by atomic mass is 10.0. The summed E-state index contributed by atoms with van der Waals surface area (Å²) in [6, 6.07) is -0.0408. The molecule has 0 bridgehead atoms. The summed E-state index contributed by atoms with van der Waals surface area (Å²) in [4.78, 5) is 24.4. The zero-order chi connectivity index (χ0) is 14.1. The zero-order valence-electron chi connectivity index (χ0n) is 11.5. The molecule has 1 aliphatic rings. The van der Waals surface area contributed by atoms with E-state index in [1.54, 1.807) is 4.90 Å². The number of hydrogen-bond acceptors (Lipinski definition) is 4. The number of piperidine rings is 1. The van der Waals surface area contributed by atoms with Gasteiger partial charge >= 0.3 is 5.97 Å². The van der Waals surface area contributed by atoms with E-state index in [1.807, 2.05) is 12.2 Å². The number of unbranched alkanes of at least 4 members (excludes halogenated alkanes) is 1. The van der Waals surface area contributed by atoms with Gasteiger partial charge in [0.2, 0.25) is 5.91 Å². The highest BCUT2D eigenvalue weighted by molar-refractivity contribution is 5.77. The second-order valence-corrected chi connectivity index (χ2v) is 4.71. The van der Waals surface area contributed by atoms with Gasteiger partial charge in [-0.2, -0.15) is 0 Å². The number of likely N-dealkylation sites (tertiary alicyclic amines) is 1. The van der Waals surface area contributed by atoms with E-state index in [1.165, 1.54) is 7.11 Å². The number of allylic oxidation sites excluding steroid dienone is 1. The van der Waals surface area contributed by atoms with E-state index in [0.717, 1.165) is 25.7 Å². The second-order valence-electron chi connectivity index (χ2n) is 4.71. The Bertz CT molecular complexity index is 327. The highest BCUT2D eigenvalue weighted by atomic mass is 16.5. The van der Waals surface area contributed by atoms with Crippen molar-refractivity contribution in [1.29, 1.82) is 0 Å². The first kappa shape index (κ1) is 15.7. The summed E-state index contributed by atoms with van der Waals surface area (Å²) in [6.07, 6.45) is 8.18. The molecule has 0 aliphatic carbocycles. The van der Waals surface area contributed by atoms with Crippen molar-refractivity contribution in [2.75, 3.05) is 20.3 Å². The molecule has 0 saturated carbocycles. The number of methoxy groups -OCH3 is 1. The number of hydrogen-bond donors (Lipinski definition) is 1. The number of aliphatic hydroxyl groups is 1. The van der Waals surface area contributed by atoms with Gasteiger partial charge in [0.15, 0.2) is 0 Å². The van der Waals surface area contributed by atoms with Gasteiger partial charge in [-0.1, -0.05) is 12.2 Å². The Labute approximate surface area is 114 Å². The molecule has 1 aliphatic heterocycles. The Balaban J connectivity index is 2.25. The molecule has 0 aromatic carbocycles. The maximum Gasteiger partial charge on any atom is 0.305 e. The smallest absolute Gasteiger partial charge is 0.305 e. The van der Waals surface area contributed by atoms with Crippen LogP contribution in [0, 0.1) is 0 Å². The third-order valence-electron chi connectivity index (χ3n) is 3.35. The van der Waals surface area contributed by atoms with Crippen molar-refractivity contribution in [3.8, 4) is 0 Å². The molecule has 19 heavy (non-hydrogen) atoms. The van der Waals surface area contributed by atoms with Crippen LogP contribution in [-0.2, 0) is 14.3 Å². The van der Waals surface area contributed by atoms with Gasteiger partial charge in [-0.3, -0.25) is 9.59 Å². The molecular formula is C14H23NO4. The molecule has 108 valence electrons. The largest absolute Gasteiger partial charge is 0.469 e. The second kappa shape index (κ2) is 8.69. The molecule has 1 fully saturated rings. The molecule has 5 nitrogen and oxygen atoms in total. The van der Waals surface area contributed by atoms with Crippen molar-refractivity contribution >= 4 is 11.9 Å². The highest BCUT2D eigenvalue weighted by Crippen LogP contribution is 2.17. The number of aliphatic hydroxyl groups excluding tert-OH is 1. The van der Waals surface area contributed by atoms with Gasteiger partial charge in [0.1, 0.15) is 0 Å². The van der Waals surface area contributed by atoms with Crippen LogP contribution in [0.3, 0.4) is 0 Å². The summed E-state index contributed by atoms with van der Waals surface area (Å²) in [6.45, 7) is 0.574. The fraction of sp³-hybridized carbons (Fsp3) is 0.714. The van der Waals surface area contributed by atoms with E-state index in [2.05, 4.69) is 4.74 Å². The number of esters is 1. The van der Waals surface area contributed by atoms with Crippen LogP contribution in [0.2, 0.25) is 0 Å². The molecule has 1 saturated heterocycles. The number of amides is 1. The maximum absolute atomic E-state index is 11.7. The van der Waals surface area contributed by atoms with Gasteiger partial charge in [0, 0.05) is 19.4 Å². The SMILES string of the molecule is COC(=O)CCCC=CCN1C(=O)CCC[C@@H]1CO. The van der Waals surface area contributed by atoms with Gasteiger partial charge in [-0.05, 0) is 25.7 Å². The van der Waals surface area contributed by atoms with E-state index in [-0.39, 0.29) is 24.5 Å². The molecule has 1 rings (SSSR count). The van der Waals surface area contributed by atoms with Crippen molar-refractivity contribution in [2.45, 2.75) is 44.6 Å². The average molecular weight is 269 g/mol. The molecule has 0 unspecified atom stereocenters. The van der Waals surface area contributed by atoms with Gasteiger partial charge in [-0.25, -0.2) is 0 Å². The van der Waals surface area contributed by atoms with Gasteiger partial charge in [-0.15, -0.1) is 0 Å².